The number of benzene rings is 2. The van der Waals surface area contributed by atoms with Crippen LogP contribution in [-0.2, 0) is 14.6 Å². The molecule has 0 aliphatic rings. The second kappa shape index (κ2) is 7.04. The van der Waals surface area contributed by atoms with E-state index in [2.05, 4.69) is 15.5 Å². The Kier molecular flexibility index (Phi) is 4.82. The number of aromatic nitrogens is 2. The summed E-state index contributed by atoms with van der Waals surface area (Å²) in [4.78, 5) is 12.0. The molecule has 0 spiro atoms. The van der Waals surface area contributed by atoms with Crippen LogP contribution in [0.15, 0.2) is 63.9 Å². The number of nitrogens with zero attached hydrogens (tertiary/aromatic N) is 2. The number of hydrogen-bond acceptors (Lipinski definition) is 6. The van der Waals surface area contributed by atoms with Gasteiger partial charge in [0.2, 0.25) is 11.8 Å². The lowest BCUT2D eigenvalue weighted by molar-refractivity contribution is -0.114. The minimum atomic E-state index is -3.75. The Morgan fingerprint density at radius 3 is 2.40 bits per heavy atom. The normalized spacial score (nSPS) is 11.2. The number of amides is 1. The van der Waals surface area contributed by atoms with Crippen molar-refractivity contribution in [1.82, 2.24) is 10.2 Å². The van der Waals surface area contributed by atoms with Crippen LogP contribution >= 0.6 is 11.6 Å². The van der Waals surface area contributed by atoms with Gasteiger partial charge in [0.1, 0.15) is 5.75 Å². The Bertz CT molecular complexity index is 986. The second-order valence-corrected chi connectivity index (χ2v) is 7.47. The van der Waals surface area contributed by atoms with Crippen LogP contribution in [0.1, 0.15) is 0 Å². The van der Waals surface area contributed by atoms with E-state index in [1.807, 2.05) is 0 Å². The first kappa shape index (κ1) is 17.1. The van der Waals surface area contributed by atoms with Gasteiger partial charge in [0.15, 0.2) is 9.84 Å². The second-order valence-electron chi connectivity index (χ2n) is 5.04. The van der Waals surface area contributed by atoms with Crippen molar-refractivity contribution in [3.8, 4) is 11.5 Å². The topological polar surface area (TPSA) is 102 Å². The van der Waals surface area contributed by atoms with Crippen LogP contribution < -0.4 is 5.32 Å². The molecule has 0 saturated carbocycles. The van der Waals surface area contributed by atoms with Gasteiger partial charge in [-0.3, -0.25) is 10.1 Å². The summed E-state index contributed by atoms with van der Waals surface area (Å²) in [6, 6.07) is 14.2. The highest BCUT2D eigenvalue weighted by molar-refractivity contribution is 7.92. The Morgan fingerprint density at radius 2 is 1.72 bits per heavy atom. The lowest BCUT2D eigenvalue weighted by atomic mass is 10.2. The van der Waals surface area contributed by atoms with Crippen molar-refractivity contribution in [2.24, 2.45) is 0 Å². The van der Waals surface area contributed by atoms with E-state index in [1.165, 1.54) is 12.1 Å². The Morgan fingerprint density at radius 1 is 1.04 bits per heavy atom. The number of sulfone groups is 1. The minimum absolute atomic E-state index is 0.0672. The molecule has 3 aromatic rings. The number of carbonyl (C=O) groups is 1. The highest BCUT2D eigenvalue weighted by Gasteiger charge is 2.20. The van der Waals surface area contributed by atoms with Gasteiger partial charge < -0.3 is 4.42 Å². The molecule has 3 rings (SSSR count). The van der Waals surface area contributed by atoms with Crippen LogP contribution in [-0.4, -0.2) is 30.3 Å². The van der Waals surface area contributed by atoms with Crippen molar-refractivity contribution in [2.75, 3.05) is 11.1 Å². The Labute approximate surface area is 148 Å². The summed E-state index contributed by atoms with van der Waals surface area (Å²) in [6.45, 7) is 0. The van der Waals surface area contributed by atoms with Crippen LogP contribution in [0, 0.1) is 0 Å². The van der Waals surface area contributed by atoms with Crippen LogP contribution in [0.2, 0.25) is 5.02 Å². The van der Waals surface area contributed by atoms with Gasteiger partial charge >= 0.3 is 6.01 Å². The molecule has 0 fully saturated rings. The highest BCUT2D eigenvalue weighted by Crippen LogP contribution is 2.21. The third-order valence-electron chi connectivity index (χ3n) is 3.19. The first-order valence-electron chi connectivity index (χ1n) is 7.11. The first-order valence-corrected chi connectivity index (χ1v) is 9.14. The van der Waals surface area contributed by atoms with Crippen molar-refractivity contribution >= 4 is 33.4 Å². The Hall–Kier alpha value is -2.71. The standard InChI is InChI=1S/C16H12ClN3O4S/c17-12-8-6-11(7-9-12)15-19-20-16(24-15)18-14(21)10-25(22,23)13-4-2-1-3-5-13/h1-9H,10H2,(H,18,20,21). The van der Waals surface area contributed by atoms with E-state index < -0.39 is 21.5 Å². The van der Waals surface area contributed by atoms with Crippen LogP contribution in [0.25, 0.3) is 11.5 Å². The molecule has 0 aliphatic carbocycles. The van der Waals surface area contributed by atoms with Crippen molar-refractivity contribution in [3.05, 3.63) is 59.6 Å². The number of anilines is 1. The third kappa shape index (κ3) is 4.23. The molecule has 1 amide bonds. The molecule has 0 unspecified atom stereocenters. The van der Waals surface area contributed by atoms with E-state index in [1.54, 1.807) is 42.5 Å². The summed E-state index contributed by atoms with van der Waals surface area (Å²) in [5, 5.41) is 10.3. The summed E-state index contributed by atoms with van der Waals surface area (Å²) in [5.74, 6) is -1.32. The molecule has 2 aromatic carbocycles. The van der Waals surface area contributed by atoms with Crippen LogP contribution in [0.3, 0.4) is 0 Å². The predicted octanol–water partition coefficient (Wildman–Crippen LogP) is 2.80. The van der Waals surface area contributed by atoms with E-state index in [0.717, 1.165) is 0 Å². The zero-order valence-electron chi connectivity index (χ0n) is 12.7. The first-order chi connectivity index (χ1) is 11.9. The summed E-state index contributed by atoms with van der Waals surface area (Å²) in [6.07, 6.45) is 0. The van der Waals surface area contributed by atoms with Gasteiger partial charge in [0, 0.05) is 10.6 Å². The zero-order chi connectivity index (χ0) is 17.9. The zero-order valence-corrected chi connectivity index (χ0v) is 14.3. The molecule has 7 nitrogen and oxygen atoms in total. The van der Waals surface area contributed by atoms with Gasteiger partial charge in [0.05, 0.1) is 4.90 Å². The molecule has 9 heteroatoms. The van der Waals surface area contributed by atoms with E-state index in [0.29, 0.717) is 10.6 Å². The highest BCUT2D eigenvalue weighted by atomic mass is 35.5. The maximum Gasteiger partial charge on any atom is 0.322 e. The van der Waals surface area contributed by atoms with Crippen molar-refractivity contribution < 1.29 is 17.6 Å². The largest absolute Gasteiger partial charge is 0.403 e. The molecule has 0 radical (unpaired) electrons. The van der Waals surface area contributed by atoms with Gasteiger partial charge in [-0.05, 0) is 36.4 Å². The van der Waals surface area contributed by atoms with Gasteiger partial charge in [0.25, 0.3) is 0 Å². The van der Waals surface area contributed by atoms with Crippen molar-refractivity contribution in [1.29, 1.82) is 0 Å². The summed E-state index contributed by atoms with van der Waals surface area (Å²) in [7, 11) is -3.75. The molecule has 0 bridgehead atoms. The Balaban J connectivity index is 1.69. The van der Waals surface area contributed by atoms with E-state index in [9.17, 15) is 13.2 Å². The number of halogens is 1. The molecule has 25 heavy (non-hydrogen) atoms. The van der Waals surface area contributed by atoms with Gasteiger partial charge in [-0.15, -0.1) is 5.10 Å². The molecular formula is C16H12ClN3O4S. The van der Waals surface area contributed by atoms with Crippen LogP contribution in [0.5, 0.6) is 0 Å². The average Bonchev–Trinajstić information content (AvgIpc) is 3.04. The maximum atomic E-state index is 12.2. The molecule has 1 heterocycles. The SMILES string of the molecule is O=C(CS(=O)(=O)c1ccccc1)Nc1nnc(-c2ccc(Cl)cc2)o1. The van der Waals surface area contributed by atoms with Gasteiger partial charge in [-0.2, -0.15) is 0 Å². The molecule has 128 valence electrons. The lowest BCUT2D eigenvalue weighted by Gasteiger charge is -2.03. The van der Waals surface area contributed by atoms with Crippen molar-refractivity contribution in [3.63, 3.8) is 0 Å². The van der Waals surface area contributed by atoms with Gasteiger partial charge in [-0.25, -0.2) is 8.42 Å². The number of rotatable bonds is 5. The molecule has 0 saturated heterocycles. The molecule has 1 N–H and O–H groups in total. The number of carbonyl (C=O) groups excluding carboxylic acids is 1. The summed E-state index contributed by atoms with van der Waals surface area (Å²) in [5.41, 5.74) is 0.620. The minimum Gasteiger partial charge on any atom is -0.403 e. The average molecular weight is 378 g/mol. The molecule has 0 aliphatic heterocycles. The fourth-order valence-electron chi connectivity index (χ4n) is 2.02. The summed E-state index contributed by atoms with van der Waals surface area (Å²) < 4.78 is 29.6. The molecular weight excluding hydrogens is 366 g/mol. The maximum absolute atomic E-state index is 12.2. The number of nitrogens with one attached hydrogen (secondary N) is 1. The van der Waals surface area contributed by atoms with Gasteiger partial charge in [-0.1, -0.05) is 34.9 Å². The smallest absolute Gasteiger partial charge is 0.322 e. The quantitative estimate of drug-likeness (QED) is 0.733. The predicted molar refractivity (Wildman–Crippen MR) is 91.9 cm³/mol. The molecule has 1 aromatic heterocycles. The van der Waals surface area contributed by atoms with E-state index >= 15 is 0 Å². The van der Waals surface area contributed by atoms with Crippen LogP contribution in [0.4, 0.5) is 6.01 Å². The summed E-state index contributed by atoms with van der Waals surface area (Å²) >= 11 is 5.80. The fourth-order valence-corrected chi connectivity index (χ4v) is 3.30. The third-order valence-corrected chi connectivity index (χ3v) is 5.07. The van der Waals surface area contributed by atoms with E-state index in [4.69, 9.17) is 16.0 Å². The lowest BCUT2D eigenvalue weighted by Crippen LogP contribution is -2.23. The van der Waals surface area contributed by atoms with E-state index in [-0.39, 0.29) is 16.8 Å². The molecule has 0 atom stereocenters. The fraction of sp³-hybridized carbons (Fsp3) is 0.0625. The number of hydrogen-bond donors (Lipinski definition) is 1. The monoisotopic (exact) mass is 377 g/mol. The van der Waals surface area contributed by atoms with Crippen molar-refractivity contribution in [2.45, 2.75) is 4.90 Å².